The predicted octanol–water partition coefficient (Wildman–Crippen LogP) is 5.34. The van der Waals surface area contributed by atoms with E-state index in [1.165, 1.54) is 16.4 Å². The van der Waals surface area contributed by atoms with Gasteiger partial charge in [0.2, 0.25) is 0 Å². The first-order valence-electron chi connectivity index (χ1n) is 10.6. The molecule has 0 spiro atoms. The van der Waals surface area contributed by atoms with Crippen molar-refractivity contribution in [1.82, 2.24) is 0 Å². The number of nitrogens with zero attached hydrogens (tertiary/aromatic N) is 1. The molecule has 1 amide bonds. The second-order valence-electron chi connectivity index (χ2n) is 7.54. The number of carbonyl (C=O) groups excluding carboxylic acids is 1. The van der Waals surface area contributed by atoms with Crippen LogP contribution in [0.15, 0.2) is 114 Å². The molecule has 0 atom stereocenters. The van der Waals surface area contributed by atoms with Crippen LogP contribution in [0.5, 0.6) is 5.75 Å². The summed E-state index contributed by atoms with van der Waals surface area (Å²) in [4.78, 5) is 12.6. The fraction of sp³-hybridized carbons (Fsp3) is 0.0741. The zero-order chi connectivity index (χ0) is 24.0. The Morgan fingerprint density at radius 2 is 1.38 bits per heavy atom. The van der Waals surface area contributed by atoms with Gasteiger partial charge in [0.1, 0.15) is 5.75 Å². The van der Waals surface area contributed by atoms with Crippen molar-refractivity contribution in [3.63, 3.8) is 0 Å². The van der Waals surface area contributed by atoms with Crippen LogP contribution in [0.2, 0.25) is 0 Å². The standard InChI is InChI=1S/C27H24N2O4S/c1-33-25-16-12-22(13-17-25)27(30)28-23-14-18-26(19-15-23)34(31,32)29(24-10-6-3-7-11-24)20-21-8-4-2-5-9-21/h2-19H,20H2,1H3,(H,28,30). The highest BCUT2D eigenvalue weighted by molar-refractivity contribution is 7.92. The molecular weight excluding hydrogens is 448 g/mol. The van der Waals surface area contributed by atoms with Crippen LogP contribution >= 0.6 is 0 Å². The van der Waals surface area contributed by atoms with Crippen LogP contribution in [0.4, 0.5) is 11.4 Å². The van der Waals surface area contributed by atoms with Crippen LogP contribution in [0, 0.1) is 0 Å². The van der Waals surface area contributed by atoms with E-state index in [2.05, 4.69) is 5.32 Å². The molecule has 34 heavy (non-hydrogen) atoms. The molecule has 0 radical (unpaired) electrons. The third-order valence-corrected chi connectivity index (χ3v) is 7.05. The number of rotatable bonds is 8. The highest BCUT2D eigenvalue weighted by Crippen LogP contribution is 2.27. The molecule has 4 aromatic rings. The Morgan fingerprint density at radius 3 is 1.97 bits per heavy atom. The molecule has 0 unspecified atom stereocenters. The van der Waals surface area contributed by atoms with Gasteiger partial charge in [0.05, 0.1) is 24.2 Å². The van der Waals surface area contributed by atoms with Gasteiger partial charge < -0.3 is 10.1 Å². The molecule has 0 heterocycles. The molecule has 172 valence electrons. The van der Waals surface area contributed by atoms with E-state index in [9.17, 15) is 13.2 Å². The SMILES string of the molecule is COc1ccc(C(=O)Nc2ccc(S(=O)(=O)N(Cc3ccccc3)c3ccccc3)cc2)cc1. The predicted molar refractivity (Wildman–Crippen MR) is 134 cm³/mol. The Kier molecular flexibility index (Phi) is 6.94. The Hall–Kier alpha value is -4.10. The quantitative estimate of drug-likeness (QED) is 0.375. The molecule has 0 saturated carbocycles. The summed E-state index contributed by atoms with van der Waals surface area (Å²) in [5.41, 5.74) is 2.41. The smallest absolute Gasteiger partial charge is 0.264 e. The van der Waals surface area contributed by atoms with E-state index in [-0.39, 0.29) is 17.3 Å². The molecular formula is C27H24N2O4S. The largest absolute Gasteiger partial charge is 0.497 e. The number of carbonyl (C=O) groups is 1. The molecule has 0 aliphatic rings. The zero-order valence-corrected chi connectivity index (χ0v) is 19.4. The number of ether oxygens (including phenoxy) is 1. The van der Waals surface area contributed by atoms with E-state index in [1.807, 2.05) is 36.4 Å². The van der Waals surface area contributed by atoms with Crippen LogP contribution in [0.1, 0.15) is 15.9 Å². The number of methoxy groups -OCH3 is 1. The fourth-order valence-corrected chi connectivity index (χ4v) is 4.89. The summed E-state index contributed by atoms with van der Waals surface area (Å²) in [6.45, 7) is 0.198. The van der Waals surface area contributed by atoms with Gasteiger partial charge in [-0.1, -0.05) is 48.5 Å². The first kappa shape index (κ1) is 23.1. The maximum Gasteiger partial charge on any atom is 0.264 e. The van der Waals surface area contributed by atoms with Gasteiger partial charge in [0, 0.05) is 11.3 Å². The Morgan fingerprint density at radius 1 is 0.794 bits per heavy atom. The third-order valence-electron chi connectivity index (χ3n) is 5.27. The molecule has 6 nitrogen and oxygen atoms in total. The van der Waals surface area contributed by atoms with Crippen molar-refractivity contribution in [2.45, 2.75) is 11.4 Å². The average molecular weight is 473 g/mol. The van der Waals surface area contributed by atoms with Crippen molar-refractivity contribution >= 4 is 27.3 Å². The van der Waals surface area contributed by atoms with Crippen LogP contribution in [-0.4, -0.2) is 21.4 Å². The third kappa shape index (κ3) is 5.27. The first-order valence-corrected chi connectivity index (χ1v) is 12.1. The van der Waals surface area contributed by atoms with Crippen molar-refractivity contribution in [2.75, 3.05) is 16.7 Å². The summed E-state index contributed by atoms with van der Waals surface area (Å²) < 4.78 is 33.6. The van der Waals surface area contributed by atoms with Crippen LogP contribution in [-0.2, 0) is 16.6 Å². The number of anilines is 2. The molecule has 0 fully saturated rings. The number of hydrogen-bond acceptors (Lipinski definition) is 4. The minimum absolute atomic E-state index is 0.134. The number of benzene rings is 4. The number of hydrogen-bond donors (Lipinski definition) is 1. The Bertz CT molecular complexity index is 1340. The molecule has 0 aliphatic carbocycles. The zero-order valence-electron chi connectivity index (χ0n) is 18.6. The normalized spacial score (nSPS) is 11.0. The summed E-state index contributed by atoms with van der Waals surface area (Å²) in [5, 5.41) is 2.79. The van der Waals surface area contributed by atoms with Crippen molar-refractivity contribution in [1.29, 1.82) is 0 Å². The lowest BCUT2D eigenvalue weighted by Crippen LogP contribution is -2.30. The number of para-hydroxylation sites is 1. The highest BCUT2D eigenvalue weighted by Gasteiger charge is 2.25. The monoisotopic (exact) mass is 472 g/mol. The lowest BCUT2D eigenvalue weighted by atomic mass is 10.2. The van der Waals surface area contributed by atoms with Crippen LogP contribution in [0.3, 0.4) is 0 Å². The van der Waals surface area contributed by atoms with Crippen molar-refractivity contribution in [3.8, 4) is 5.75 Å². The maximum absolute atomic E-state index is 13.6. The molecule has 0 aliphatic heterocycles. The topological polar surface area (TPSA) is 75.7 Å². The van der Waals surface area contributed by atoms with Gasteiger partial charge in [-0.15, -0.1) is 0 Å². The van der Waals surface area contributed by atoms with E-state index >= 15 is 0 Å². The second kappa shape index (κ2) is 10.2. The van der Waals surface area contributed by atoms with Gasteiger partial charge in [-0.05, 0) is 66.2 Å². The van der Waals surface area contributed by atoms with Crippen molar-refractivity contribution in [3.05, 3.63) is 120 Å². The minimum Gasteiger partial charge on any atom is -0.497 e. The Labute approximate surface area is 199 Å². The maximum atomic E-state index is 13.6. The summed E-state index contributed by atoms with van der Waals surface area (Å²) >= 11 is 0. The summed E-state index contributed by atoms with van der Waals surface area (Å²) in [6.07, 6.45) is 0. The van der Waals surface area contributed by atoms with E-state index < -0.39 is 10.0 Å². The van der Waals surface area contributed by atoms with Gasteiger partial charge in [-0.25, -0.2) is 8.42 Å². The highest BCUT2D eigenvalue weighted by atomic mass is 32.2. The van der Waals surface area contributed by atoms with Gasteiger partial charge in [0.15, 0.2) is 0 Å². The lowest BCUT2D eigenvalue weighted by molar-refractivity contribution is 0.102. The minimum atomic E-state index is -3.85. The Balaban J connectivity index is 1.57. The summed E-state index contributed by atoms with van der Waals surface area (Å²) in [5.74, 6) is 0.359. The van der Waals surface area contributed by atoms with E-state index in [0.717, 1.165) is 5.56 Å². The van der Waals surface area contributed by atoms with Crippen molar-refractivity contribution < 1.29 is 17.9 Å². The fourth-order valence-electron chi connectivity index (χ4n) is 3.44. The lowest BCUT2D eigenvalue weighted by Gasteiger charge is -2.25. The molecule has 7 heteroatoms. The molecule has 0 bridgehead atoms. The van der Waals surface area contributed by atoms with Crippen LogP contribution < -0.4 is 14.4 Å². The summed E-state index contributed by atoms with van der Waals surface area (Å²) in [6, 6.07) is 31.3. The van der Waals surface area contributed by atoms with E-state index in [0.29, 0.717) is 22.7 Å². The molecule has 1 N–H and O–H groups in total. The molecule has 4 aromatic carbocycles. The number of sulfonamides is 1. The molecule has 0 saturated heterocycles. The second-order valence-corrected chi connectivity index (χ2v) is 9.40. The number of nitrogens with one attached hydrogen (secondary N) is 1. The van der Waals surface area contributed by atoms with Gasteiger partial charge in [0.25, 0.3) is 15.9 Å². The van der Waals surface area contributed by atoms with E-state index in [1.54, 1.807) is 67.8 Å². The molecule has 0 aromatic heterocycles. The number of amides is 1. The van der Waals surface area contributed by atoms with Gasteiger partial charge in [-0.3, -0.25) is 9.10 Å². The van der Waals surface area contributed by atoms with E-state index in [4.69, 9.17) is 4.74 Å². The van der Waals surface area contributed by atoms with Crippen molar-refractivity contribution in [2.24, 2.45) is 0 Å². The first-order chi connectivity index (χ1) is 16.5. The van der Waals surface area contributed by atoms with Gasteiger partial charge in [-0.2, -0.15) is 0 Å². The average Bonchev–Trinajstić information content (AvgIpc) is 2.88. The molecule has 4 rings (SSSR count). The summed E-state index contributed by atoms with van der Waals surface area (Å²) in [7, 11) is -2.29. The van der Waals surface area contributed by atoms with Gasteiger partial charge >= 0.3 is 0 Å². The van der Waals surface area contributed by atoms with Crippen LogP contribution in [0.25, 0.3) is 0 Å².